The van der Waals surface area contributed by atoms with Crippen molar-refractivity contribution in [1.29, 1.82) is 0 Å². The number of hydrogen-bond acceptors (Lipinski definition) is 8. The van der Waals surface area contributed by atoms with Crippen molar-refractivity contribution >= 4 is 42.2 Å². The van der Waals surface area contributed by atoms with Gasteiger partial charge >= 0.3 is 5.97 Å². The first kappa shape index (κ1) is 29.3. The summed E-state index contributed by atoms with van der Waals surface area (Å²) in [5, 5.41) is 17.1. The molecule has 4 unspecified atom stereocenters. The maximum atomic E-state index is 13.1. The number of carbonyl (C=O) groups excluding carboxylic acids is 4. The van der Waals surface area contributed by atoms with Crippen LogP contribution in [-0.2, 0) is 36.8 Å². The first-order chi connectivity index (χ1) is 17.6. The Morgan fingerprint density at radius 2 is 1.57 bits per heavy atom. The average molecular weight is 534 g/mol. The SMILES string of the molecule is NC(=O)CCC(N)C(=O)NC(CS)C(=O)NC(Cc1cnc[nH]1)C(=O)NC(Cc1ccccc1)C(=O)O. The molecule has 0 aliphatic carbocycles. The molecule has 0 spiro atoms. The number of rotatable bonds is 15. The summed E-state index contributed by atoms with van der Waals surface area (Å²) in [7, 11) is 0. The number of aliphatic carboxylic acids is 1. The molecule has 4 atom stereocenters. The van der Waals surface area contributed by atoms with E-state index in [1.807, 2.05) is 0 Å². The molecule has 0 saturated heterocycles. The van der Waals surface area contributed by atoms with Gasteiger partial charge < -0.3 is 37.5 Å². The van der Waals surface area contributed by atoms with Crippen LogP contribution >= 0.6 is 12.6 Å². The fourth-order valence-electron chi connectivity index (χ4n) is 3.32. The lowest BCUT2D eigenvalue weighted by atomic mass is 10.0. The van der Waals surface area contributed by atoms with Crippen molar-refractivity contribution < 1.29 is 29.1 Å². The molecule has 2 aromatic rings. The van der Waals surface area contributed by atoms with Gasteiger partial charge in [-0.1, -0.05) is 30.3 Å². The number of thiol groups is 1. The number of H-pyrrole nitrogens is 1. The Morgan fingerprint density at radius 3 is 2.14 bits per heavy atom. The summed E-state index contributed by atoms with van der Waals surface area (Å²) in [4.78, 5) is 67.8. The maximum Gasteiger partial charge on any atom is 0.326 e. The second kappa shape index (κ2) is 14.6. The third-order valence-corrected chi connectivity index (χ3v) is 5.73. The van der Waals surface area contributed by atoms with Gasteiger partial charge in [0.15, 0.2) is 0 Å². The van der Waals surface area contributed by atoms with E-state index >= 15 is 0 Å². The Labute approximate surface area is 218 Å². The van der Waals surface area contributed by atoms with E-state index < -0.39 is 53.8 Å². The molecular weight excluding hydrogens is 502 g/mol. The minimum atomic E-state index is -1.25. The molecule has 0 bridgehead atoms. The molecule has 0 aliphatic rings. The van der Waals surface area contributed by atoms with Gasteiger partial charge in [0.2, 0.25) is 23.6 Å². The zero-order valence-corrected chi connectivity index (χ0v) is 20.8. The number of nitrogens with two attached hydrogens (primary N) is 2. The Balaban J connectivity index is 2.11. The quantitative estimate of drug-likeness (QED) is 0.122. The third-order valence-electron chi connectivity index (χ3n) is 5.36. The summed E-state index contributed by atoms with van der Waals surface area (Å²) in [5.41, 5.74) is 12.0. The Kier molecular flexibility index (Phi) is 11.6. The summed E-state index contributed by atoms with van der Waals surface area (Å²) in [5.74, 6) is -4.15. The highest BCUT2D eigenvalue weighted by Crippen LogP contribution is 2.06. The van der Waals surface area contributed by atoms with Crippen LogP contribution in [0.2, 0.25) is 0 Å². The van der Waals surface area contributed by atoms with Crippen molar-refractivity contribution in [1.82, 2.24) is 25.9 Å². The minimum Gasteiger partial charge on any atom is -0.480 e. The number of carboxylic acid groups (broad SMARTS) is 1. The number of carboxylic acids is 1. The van der Waals surface area contributed by atoms with Crippen molar-refractivity contribution in [2.75, 3.05) is 5.75 Å². The normalized spacial score (nSPS) is 14.0. The van der Waals surface area contributed by atoms with Crippen LogP contribution in [0.4, 0.5) is 0 Å². The molecule has 37 heavy (non-hydrogen) atoms. The predicted molar refractivity (Wildman–Crippen MR) is 136 cm³/mol. The topological polar surface area (TPSA) is 222 Å². The standard InChI is InChI=1S/C23H31N7O6S/c24-15(6-7-19(25)31)20(32)30-18(11-37)22(34)28-16(9-14-10-26-12-27-14)21(33)29-17(23(35)36)8-13-4-2-1-3-5-13/h1-5,10,12,15-18,37H,6-9,11,24H2,(H2,25,31)(H,26,27)(H,28,34)(H,29,33)(H,30,32)(H,35,36). The maximum absolute atomic E-state index is 13.1. The van der Waals surface area contributed by atoms with E-state index in [2.05, 4.69) is 38.5 Å². The highest BCUT2D eigenvalue weighted by Gasteiger charge is 2.30. The number of primary amides is 1. The lowest BCUT2D eigenvalue weighted by Crippen LogP contribution is -2.58. The molecular formula is C23H31N7O6S. The number of amides is 4. The van der Waals surface area contributed by atoms with Crippen molar-refractivity contribution in [3.63, 3.8) is 0 Å². The van der Waals surface area contributed by atoms with Gasteiger partial charge in [-0.3, -0.25) is 19.2 Å². The van der Waals surface area contributed by atoms with Gasteiger partial charge in [0.1, 0.15) is 18.1 Å². The van der Waals surface area contributed by atoms with Crippen molar-refractivity contribution in [2.45, 2.75) is 49.9 Å². The number of carbonyl (C=O) groups is 5. The second-order valence-electron chi connectivity index (χ2n) is 8.29. The zero-order chi connectivity index (χ0) is 27.4. The van der Waals surface area contributed by atoms with Gasteiger partial charge in [-0.15, -0.1) is 0 Å². The molecule has 14 heteroatoms. The number of hydrogen-bond donors (Lipinski definition) is 8. The zero-order valence-electron chi connectivity index (χ0n) is 19.9. The number of imidazole rings is 1. The highest BCUT2D eigenvalue weighted by atomic mass is 32.1. The van der Waals surface area contributed by atoms with Gasteiger partial charge in [0, 0.05) is 36.9 Å². The molecule has 1 heterocycles. The molecule has 9 N–H and O–H groups in total. The monoisotopic (exact) mass is 533 g/mol. The number of nitrogens with zero attached hydrogens (tertiary/aromatic N) is 1. The van der Waals surface area contributed by atoms with Crippen LogP contribution in [0.5, 0.6) is 0 Å². The summed E-state index contributed by atoms with van der Waals surface area (Å²) in [6.07, 6.45) is 2.75. The highest BCUT2D eigenvalue weighted by molar-refractivity contribution is 7.80. The number of nitrogens with one attached hydrogen (secondary N) is 4. The summed E-state index contributed by atoms with van der Waals surface area (Å²) in [6, 6.07) is 4.07. The molecule has 0 saturated carbocycles. The van der Waals surface area contributed by atoms with Crippen LogP contribution in [0.3, 0.4) is 0 Å². The smallest absolute Gasteiger partial charge is 0.326 e. The first-order valence-electron chi connectivity index (χ1n) is 11.4. The van der Waals surface area contributed by atoms with Crippen molar-refractivity contribution in [2.24, 2.45) is 11.5 Å². The van der Waals surface area contributed by atoms with Crippen LogP contribution in [0.15, 0.2) is 42.9 Å². The summed E-state index contributed by atoms with van der Waals surface area (Å²) < 4.78 is 0. The van der Waals surface area contributed by atoms with Gasteiger partial charge in [0.05, 0.1) is 12.4 Å². The molecule has 2 rings (SSSR count). The van der Waals surface area contributed by atoms with Gasteiger partial charge in [-0.25, -0.2) is 9.78 Å². The van der Waals surface area contributed by atoms with Gasteiger partial charge in [0.25, 0.3) is 0 Å². The van der Waals surface area contributed by atoms with E-state index in [-0.39, 0.29) is 31.4 Å². The van der Waals surface area contributed by atoms with Crippen LogP contribution < -0.4 is 27.4 Å². The molecule has 0 fully saturated rings. The second-order valence-corrected chi connectivity index (χ2v) is 8.65. The summed E-state index contributed by atoms with van der Waals surface area (Å²) in [6.45, 7) is 0. The minimum absolute atomic E-state index is 0.00900. The lowest BCUT2D eigenvalue weighted by Gasteiger charge is -2.24. The van der Waals surface area contributed by atoms with E-state index in [4.69, 9.17) is 11.5 Å². The number of benzene rings is 1. The van der Waals surface area contributed by atoms with Gasteiger partial charge in [-0.2, -0.15) is 12.6 Å². The van der Waals surface area contributed by atoms with E-state index in [1.165, 1.54) is 12.5 Å². The molecule has 0 aliphatic heterocycles. The Bertz CT molecular complexity index is 1070. The molecule has 200 valence electrons. The van der Waals surface area contributed by atoms with Crippen LogP contribution in [0.1, 0.15) is 24.1 Å². The van der Waals surface area contributed by atoms with E-state index in [0.29, 0.717) is 11.3 Å². The third kappa shape index (κ3) is 9.93. The van der Waals surface area contributed by atoms with E-state index in [9.17, 15) is 29.1 Å². The molecule has 0 radical (unpaired) electrons. The lowest BCUT2D eigenvalue weighted by molar-refractivity contribution is -0.142. The fourth-order valence-corrected chi connectivity index (χ4v) is 3.58. The first-order valence-corrected chi connectivity index (χ1v) is 12.0. The number of aromatic nitrogens is 2. The molecule has 4 amide bonds. The largest absolute Gasteiger partial charge is 0.480 e. The fraction of sp³-hybridized carbons (Fsp3) is 0.391. The summed E-state index contributed by atoms with van der Waals surface area (Å²) >= 11 is 4.10. The van der Waals surface area contributed by atoms with Crippen molar-refractivity contribution in [3.05, 3.63) is 54.1 Å². The van der Waals surface area contributed by atoms with Crippen LogP contribution in [0.25, 0.3) is 0 Å². The van der Waals surface area contributed by atoms with E-state index in [0.717, 1.165) is 0 Å². The van der Waals surface area contributed by atoms with Crippen LogP contribution in [-0.4, -0.2) is 74.6 Å². The van der Waals surface area contributed by atoms with E-state index in [1.54, 1.807) is 30.3 Å². The molecule has 1 aromatic heterocycles. The van der Waals surface area contributed by atoms with Crippen molar-refractivity contribution in [3.8, 4) is 0 Å². The number of aromatic amines is 1. The predicted octanol–water partition coefficient (Wildman–Crippen LogP) is -1.74. The molecule has 1 aromatic carbocycles. The van der Waals surface area contributed by atoms with Gasteiger partial charge in [-0.05, 0) is 12.0 Å². The molecule has 13 nitrogen and oxygen atoms in total. The Hall–Kier alpha value is -3.91. The Morgan fingerprint density at radius 1 is 0.946 bits per heavy atom. The van der Waals surface area contributed by atoms with Crippen LogP contribution in [0, 0.1) is 0 Å². The average Bonchev–Trinajstić information content (AvgIpc) is 3.38.